The van der Waals surface area contributed by atoms with Gasteiger partial charge in [-0.3, -0.25) is 4.79 Å². The van der Waals surface area contributed by atoms with Crippen LogP contribution in [0.25, 0.3) is 0 Å². The van der Waals surface area contributed by atoms with Gasteiger partial charge in [0.1, 0.15) is 5.75 Å². The van der Waals surface area contributed by atoms with Crippen LogP contribution >= 0.6 is 39.3 Å². The van der Waals surface area contributed by atoms with Crippen molar-refractivity contribution in [2.75, 3.05) is 0 Å². The van der Waals surface area contributed by atoms with Crippen LogP contribution in [0.1, 0.15) is 13.8 Å². The van der Waals surface area contributed by atoms with Crippen LogP contribution in [0, 0.1) is 0 Å². The highest BCUT2D eigenvalue weighted by atomic mass is 79.9. The number of hydrogen-bond acceptors (Lipinski definition) is 3. The molecule has 0 aliphatic carbocycles. The number of Topliss-reactive ketones (excluding diaryl/α,β-unsaturated/α-hetero) is 1. The number of carbonyl (C=O) groups is 1. The fourth-order valence-corrected chi connectivity index (χ4v) is 3.15. The lowest BCUT2D eigenvalue weighted by Crippen LogP contribution is -2.39. The van der Waals surface area contributed by atoms with Gasteiger partial charge in [-0.15, -0.1) is 0 Å². The van der Waals surface area contributed by atoms with E-state index in [0.717, 1.165) is 0 Å². The fourth-order valence-electron chi connectivity index (χ4n) is 1.30. The van der Waals surface area contributed by atoms with E-state index in [4.69, 9.17) is 16.3 Å². The first-order valence-electron chi connectivity index (χ1n) is 5.39. The Labute approximate surface area is 132 Å². The summed E-state index contributed by atoms with van der Waals surface area (Å²) in [4.78, 5) is 12.0. The first-order valence-corrected chi connectivity index (χ1v) is 7.50. The molecule has 1 unspecified atom stereocenters. The van der Waals surface area contributed by atoms with E-state index in [1.807, 2.05) is 0 Å². The molecule has 1 rings (SSSR count). The van der Waals surface area contributed by atoms with Crippen LogP contribution in [-0.4, -0.2) is 21.1 Å². The molecule has 0 N–H and O–H groups in total. The fraction of sp³-hybridized carbons (Fsp3) is 0.417. The lowest BCUT2D eigenvalue weighted by atomic mass is 10.1. The van der Waals surface area contributed by atoms with Gasteiger partial charge in [0.2, 0.25) is 5.01 Å². The van der Waals surface area contributed by atoms with Gasteiger partial charge in [0.25, 0.3) is 0 Å². The van der Waals surface area contributed by atoms with Gasteiger partial charge < -0.3 is 4.74 Å². The van der Waals surface area contributed by atoms with E-state index in [9.17, 15) is 18.0 Å². The molecular formula is C12H11BrClF3O2S. The number of rotatable bonds is 5. The van der Waals surface area contributed by atoms with Crippen LogP contribution in [0.2, 0.25) is 5.02 Å². The summed E-state index contributed by atoms with van der Waals surface area (Å²) in [6, 6.07) is 6.15. The van der Waals surface area contributed by atoms with Crippen molar-refractivity contribution in [2.45, 2.75) is 29.1 Å². The Morgan fingerprint density at radius 3 is 2.25 bits per heavy atom. The number of halogens is 5. The molecule has 1 aromatic carbocycles. The molecule has 1 atom stereocenters. The molecule has 0 aliphatic heterocycles. The van der Waals surface area contributed by atoms with Crippen LogP contribution in [-0.2, 0) is 4.79 Å². The molecule has 0 radical (unpaired) electrons. The molecule has 0 bridgehead atoms. The van der Waals surface area contributed by atoms with Crippen LogP contribution in [0.15, 0.2) is 24.3 Å². The predicted molar refractivity (Wildman–Crippen MR) is 77.5 cm³/mol. The number of benzene rings is 1. The van der Waals surface area contributed by atoms with E-state index in [1.54, 1.807) is 12.1 Å². The maximum atomic E-state index is 12.4. The Morgan fingerprint density at radius 1 is 1.30 bits per heavy atom. The summed E-state index contributed by atoms with van der Waals surface area (Å²) < 4.78 is 40.8. The molecule has 0 aliphatic rings. The van der Waals surface area contributed by atoms with E-state index >= 15 is 0 Å². The van der Waals surface area contributed by atoms with Gasteiger partial charge in [-0.05, 0) is 65.8 Å². The number of ether oxygens (including phenoxy) is 1. The van der Waals surface area contributed by atoms with Crippen LogP contribution in [0.3, 0.4) is 0 Å². The van der Waals surface area contributed by atoms with E-state index in [-0.39, 0.29) is 11.8 Å². The van der Waals surface area contributed by atoms with E-state index in [0.29, 0.717) is 10.8 Å². The Hall–Kier alpha value is -0.400. The highest BCUT2D eigenvalue weighted by Crippen LogP contribution is 2.42. The highest BCUT2D eigenvalue weighted by Gasteiger charge is 2.44. The van der Waals surface area contributed by atoms with Crippen molar-refractivity contribution < 1.29 is 22.7 Å². The summed E-state index contributed by atoms with van der Waals surface area (Å²) in [7, 11) is 0. The summed E-state index contributed by atoms with van der Waals surface area (Å²) in [5.74, 6) is -0.382. The lowest BCUT2D eigenvalue weighted by Gasteiger charge is -2.26. The smallest absolute Gasteiger partial charge is 0.442 e. The van der Waals surface area contributed by atoms with E-state index in [2.05, 4.69) is 15.9 Å². The molecule has 0 saturated heterocycles. The van der Waals surface area contributed by atoms with Gasteiger partial charge in [0.15, 0.2) is 5.78 Å². The van der Waals surface area contributed by atoms with Crippen LogP contribution < -0.4 is 4.74 Å². The molecule has 1 aromatic rings. The van der Waals surface area contributed by atoms with Gasteiger partial charge in [-0.1, -0.05) is 11.6 Å². The lowest BCUT2D eigenvalue weighted by molar-refractivity contribution is -0.124. The molecule has 0 saturated carbocycles. The third-order valence-corrected chi connectivity index (χ3v) is 4.02. The molecule has 8 heteroatoms. The minimum Gasteiger partial charge on any atom is -0.471 e. The number of thioether (sulfide) groups is 1. The van der Waals surface area contributed by atoms with Gasteiger partial charge in [-0.2, -0.15) is 13.2 Å². The molecule has 0 aromatic heterocycles. The second kappa shape index (κ2) is 6.58. The van der Waals surface area contributed by atoms with Gasteiger partial charge in [0, 0.05) is 5.02 Å². The molecule has 0 amide bonds. The van der Waals surface area contributed by atoms with Gasteiger partial charge in [0.05, 0.1) is 4.75 Å². The molecule has 112 valence electrons. The standard InChI is InChI=1S/C12H11BrClF3O2S/c1-11(2,20-12(15,16)17)9(18)10(13)19-8-5-3-7(14)4-6-8/h3-6,10H,1-2H3. The Balaban J connectivity index is 2.73. The number of carbonyl (C=O) groups excluding carboxylic acids is 1. The van der Waals surface area contributed by atoms with Gasteiger partial charge >= 0.3 is 5.51 Å². The minimum absolute atomic E-state index is 0.331. The van der Waals surface area contributed by atoms with Gasteiger partial charge in [-0.25, -0.2) is 0 Å². The molecule has 0 fully saturated rings. The third kappa shape index (κ3) is 5.54. The minimum atomic E-state index is -4.49. The summed E-state index contributed by atoms with van der Waals surface area (Å²) in [6.45, 7) is 2.40. The first kappa shape index (κ1) is 17.7. The van der Waals surface area contributed by atoms with Crippen molar-refractivity contribution in [2.24, 2.45) is 0 Å². The predicted octanol–water partition coefficient (Wildman–Crippen LogP) is 5.04. The number of alkyl halides is 4. The molecule has 0 spiro atoms. The maximum absolute atomic E-state index is 12.4. The van der Waals surface area contributed by atoms with Crippen molar-refractivity contribution >= 4 is 45.1 Å². The molecule has 0 heterocycles. The Kier molecular flexibility index (Phi) is 5.80. The normalized spacial score (nSPS) is 13.9. The quantitative estimate of drug-likeness (QED) is 0.658. The first-order chi connectivity index (χ1) is 9.01. The number of hydrogen-bond donors (Lipinski definition) is 0. The largest absolute Gasteiger partial charge is 0.471 e. The summed E-state index contributed by atoms with van der Waals surface area (Å²) in [6.07, 6.45) is 0. The molecule has 2 nitrogen and oxygen atoms in total. The van der Waals surface area contributed by atoms with Crippen molar-refractivity contribution in [1.29, 1.82) is 0 Å². The van der Waals surface area contributed by atoms with Crippen LogP contribution in [0.4, 0.5) is 13.2 Å². The number of ketones is 1. The second-order valence-electron chi connectivity index (χ2n) is 4.31. The van der Waals surface area contributed by atoms with Crippen molar-refractivity contribution in [3.05, 3.63) is 29.3 Å². The zero-order chi connectivity index (χ0) is 15.6. The van der Waals surface area contributed by atoms with Crippen molar-refractivity contribution in [3.63, 3.8) is 0 Å². The molecular weight excluding hydrogens is 381 g/mol. The van der Waals surface area contributed by atoms with E-state index < -0.39 is 21.1 Å². The molecule has 20 heavy (non-hydrogen) atoms. The maximum Gasteiger partial charge on any atom is 0.442 e. The van der Waals surface area contributed by atoms with Crippen LogP contribution in [0.5, 0.6) is 5.75 Å². The Morgan fingerprint density at radius 2 is 1.80 bits per heavy atom. The Bertz CT molecular complexity index is 477. The summed E-state index contributed by atoms with van der Waals surface area (Å²) in [5.41, 5.74) is -4.49. The zero-order valence-corrected chi connectivity index (χ0v) is 13.7. The monoisotopic (exact) mass is 390 g/mol. The zero-order valence-electron chi connectivity index (χ0n) is 10.5. The summed E-state index contributed by atoms with van der Waals surface area (Å²) in [5, 5.41) is -0.684. The van der Waals surface area contributed by atoms with Crippen molar-refractivity contribution in [1.82, 2.24) is 0 Å². The topological polar surface area (TPSA) is 26.3 Å². The SMILES string of the molecule is CC(C)(SC(F)(F)F)C(=O)C(Br)Oc1ccc(Cl)cc1. The van der Waals surface area contributed by atoms with E-state index in [1.165, 1.54) is 26.0 Å². The second-order valence-corrected chi connectivity index (χ2v) is 7.27. The highest BCUT2D eigenvalue weighted by molar-refractivity contribution is 9.09. The average molecular weight is 392 g/mol. The summed E-state index contributed by atoms with van der Waals surface area (Å²) >= 11 is 8.28. The average Bonchev–Trinajstić information content (AvgIpc) is 2.28. The van der Waals surface area contributed by atoms with Crippen molar-refractivity contribution in [3.8, 4) is 5.75 Å². The third-order valence-electron chi connectivity index (χ3n) is 2.22.